The summed E-state index contributed by atoms with van der Waals surface area (Å²) in [7, 11) is 0. The van der Waals surface area contributed by atoms with Crippen molar-refractivity contribution in [3.63, 3.8) is 0 Å². The maximum Gasteiger partial charge on any atom is 0.248 e. The zero-order valence-corrected chi connectivity index (χ0v) is 6.84. The van der Waals surface area contributed by atoms with Crippen LogP contribution in [0.1, 0.15) is 19.8 Å². The zero-order chi connectivity index (χ0) is 8.27. The summed E-state index contributed by atoms with van der Waals surface area (Å²) in [5.41, 5.74) is 2.13. The van der Waals surface area contributed by atoms with Crippen LogP contribution in [0.4, 0.5) is 0 Å². The van der Waals surface area contributed by atoms with E-state index in [2.05, 4.69) is 17.2 Å². The Morgan fingerprint density at radius 1 is 1.82 bits per heavy atom. The summed E-state index contributed by atoms with van der Waals surface area (Å²) < 4.78 is 0. The first kappa shape index (κ1) is 8.49. The molecule has 4 heteroatoms. The van der Waals surface area contributed by atoms with Crippen LogP contribution in [0, 0.1) is 0 Å². The Kier molecular flexibility index (Phi) is 2.84. The summed E-state index contributed by atoms with van der Waals surface area (Å²) in [6.07, 6.45) is 2.39. The Hall–Kier alpha value is -0.610. The molecule has 3 N–H and O–H groups in total. The minimum Gasteiger partial charge on any atom is -0.293 e. The second-order valence-electron chi connectivity index (χ2n) is 3.03. The largest absolute Gasteiger partial charge is 0.293 e. The fourth-order valence-electron chi connectivity index (χ4n) is 1.46. The molecule has 1 saturated heterocycles. The molecule has 0 bridgehead atoms. The van der Waals surface area contributed by atoms with Gasteiger partial charge in [0.25, 0.3) is 0 Å². The molecule has 11 heavy (non-hydrogen) atoms. The Bertz CT molecular complexity index is 149. The topological polar surface area (TPSA) is 58.4 Å². The number of nitrogens with two attached hydrogens (primary N) is 1. The summed E-state index contributed by atoms with van der Waals surface area (Å²) in [6, 6.07) is 0.535. The lowest BCUT2D eigenvalue weighted by molar-refractivity contribution is -0.122. The van der Waals surface area contributed by atoms with Gasteiger partial charge in [-0.25, -0.2) is 5.84 Å². The van der Waals surface area contributed by atoms with Gasteiger partial charge in [-0.3, -0.25) is 15.1 Å². The van der Waals surface area contributed by atoms with E-state index in [0.29, 0.717) is 12.6 Å². The predicted octanol–water partition coefficient (Wildman–Crippen LogP) is -0.539. The molecule has 1 atom stereocenters. The molecule has 1 heterocycles. The molecule has 0 radical (unpaired) electrons. The van der Waals surface area contributed by atoms with Crippen LogP contribution in [0.3, 0.4) is 0 Å². The minimum absolute atomic E-state index is 0.0984. The first-order valence-electron chi connectivity index (χ1n) is 3.97. The van der Waals surface area contributed by atoms with Crippen molar-refractivity contribution >= 4 is 5.91 Å². The number of hydrazine groups is 1. The molecule has 64 valence electrons. The second-order valence-corrected chi connectivity index (χ2v) is 3.03. The molecule has 1 aliphatic rings. The van der Waals surface area contributed by atoms with E-state index in [1.165, 1.54) is 12.8 Å². The molecule has 1 unspecified atom stereocenters. The van der Waals surface area contributed by atoms with Gasteiger partial charge in [0.05, 0.1) is 6.54 Å². The second kappa shape index (κ2) is 3.69. The van der Waals surface area contributed by atoms with E-state index >= 15 is 0 Å². The van der Waals surface area contributed by atoms with Crippen molar-refractivity contribution in [2.24, 2.45) is 5.84 Å². The van der Waals surface area contributed by atoms with Gasteiger partial charge >= 0.3 is 0 Å². The predicted molar refractivity (Wildman–Crippen MR) is 42.6 cm³/mol. The first-order chi connectivity index (χ1) is 5.24. The maximum atomic E-state index is 10.8. The van der Waals surface area contributed by atoms with E-state index in [1.807, 2.05) is 0 Å². The Morgan fingerprint density at radius 2 is 2.55 bits per heavy atom. The van der Waals surface area contributed by atoms with E-state index in [-0.39, 0.29) is 5.91 Å². The van der Waals surface area contributed by atoms with E-state index < -0.39 is 0 Å². The Labute approximate surface area is 66.7 Å². The van der Waals surface area contributed by atoms with E-state index in [0.717, 1.165) is 6.54 Å². The highest BCUT2D eigenvalue weighted by atomic mass is 16.2. The van der Waals surface area contributed by atoms with E-state index in [4.69, 9.17) is 5.84 Å². The van der Waals surface area contributed by atoms with Crippen LogP contribution in [0.25, 0.3) is 0 Å². The van der Waals surface area contributed by atoms with Crippen LogP contribution in [0.5, 0.6) is 0 Å². The summed E-state index contributed by atoms with van der Waals surface area (Å²) in [5.74, 6) is 4.87. The number of hydrogen-bond acceptors (Lipinski definition) is 3. The number of rotatable bonds is 2. The normalized spacial score (nSPS) is 25.5. The highest BCUT2D eigenvalue weighted by molar-refractivity contribution is 5.77. The van der Waals surface area contributed by atoms with Gasteiger partial charge in [-0.05, 0) is 26.3 Å². The fraction of sp³-hybridized carbons (Fsp3) is 0.857. The number of nitrogens with zero attached hydrogens (tertiary/aromatic N) is 1. The van der Waals surface area contributed by atoms with Gasteiger partial charge in [-0.2, -0.15) is 0 Å². The SMILES string of the molecule is CC1CCCN1CC(=O)NN. The molecule has 1 aliphatic heterocycles. The third-order valence-corrected chi connectivity index (χ3v) is 2.20. The van der Waals surface area contributed by atoms with Crippen molar-refractivity contribution in [1.29, 1.82) is 0 Å². The third-order valence-electron chi connectivity index (χ3n) is 2.20. The molecular weight excluding hydrogens is 142 g/mol. The number of likely N-dealkylation sites (tertiary alicyclic amines) is 1. The van der Waals surface area contributed by atoms with Crippen LogP contribution in [0.2, 0.25) is 0 Å². The molecule has 4 nitrogen and oxygen atoms in total. The average molecular weight is 157 g/mol. The van der Waals surface area contributed by atoms with Crippen molar-refractivity contribution in [2.45, 2.75) is 25.8 Å². The molecular formula is C7H15N3O. The van der Waals surface area contributed by atoms with Gasteiger partial charge in [0.1, 0.15) is 0 Å². The van der Waals surface area contributed by atoms with Crippen molar-refractivity contribution in [3.8, 4) is 0 Å². The van der Waals surface area contributed by atoms with Gasteiger partial charge in [0.2, 0.25) is 5.91 Å². The molecule has 0 aromatic rings. The molecule has 0 spiro atoms. The molecule has 1 rings (SSSR count). The minimum atomic E-state index is -0.0984. The molecule has 0 aromatic carbocycles. The molecule has 1 fully saturated rings. The number of nitrogens with one attached hydrogen (secondary N) is 1. The molecule has 0 aliphatic carbocycles. The van der Waals surface area contributed by atoms with Crippen LogP contribution in [-0.4, -0.2) is 29.9 Å². The standard InChI is InChI=1S/C7H15N3O/c1-6-3-2-4-10(6)5-7(11)9-8/h6H,2-5,8H2,1H3,(H,9,11). The smallest absolute Gasteiger partial charge is 0.248 e. The highest BCUT2D eigenvalue weighted by Gasteiger charge is 2.21. The summed E-state index contributed by atoms with van der Waals surface area (Å²) in [4.78, 5) is 13.0. The van der Waals surface area contributed by atoms with Crippen molar-refractivity contribution in [2.75, 3.05) is 13.1 Å². The van der Waals surface area contributed by atoms with Crippen molar-refractivity contribution in [1.82, 2.24) is 10.3 Å². The van der Waals surface area contributed by atoms with Crippen LogP contribution in [0.15, 0.2) is 0 Å². The lowest BCUT2D eigenvalue weighted by Crippen LogP contribution is -2.41. The number of amides is 1. The van der Waals surface area contributed by atoms with E-state index in [9.17, 15) is 4.79 Å². The highest BCUT2D eigenvalue weighted by Crippen LogP contribution is 2.14. The average Bonchev–Trinajstić information content (AvgIpc) is 2.37. The summed E-state index contributed by atoms with van der Waals surface area (Å²) >= 11 is 0. The summed E-state index contributed by atoms with van der Waals surface area (Å²) in [6.45, 7) is 3.60. The van der Waals surface area contributed by atoms with Gasteiger partial charge in [0, 0.05) is 6.04 Å². The van der Waals surface area contributed by atoms with Crippen LogP contribution < -0.4 is 11.3 Å². The zero-order valence-electron chi connectivity index (χ0n) is 6.84. The fourth-order valence-corrected chi connectivity index (χ4v) is 1.46. The van der Waals surface area contributed by atoms with E-state index in [1.54, 1.807) is 0 Å². The number of hydrogen-bond donors (Lipinski definition) is 2. The maximum absolute atomic E-state index is 10.8. The van der Waals surface area contributed by atoms with Crippen molar-refractivity contribution in [3.05, 3.63) is 0 Å². The molecule has 0 saturated carbocycles. The third kappa shape index (κ3) is 2.17. The molecule has 1 amide bonds. The lowest BCUT2D eigenvalue weighted by atomic mass is 10.2. The Morgan fingerprint density at radius 3 is 3.00 bits per heavy atom. The Balaban J connectivity index is 2.30. The van der Waals surface area contributed by atoms with Gasteiger partial charge < -0.3 is 0 Å². The van der Waals surface area contributed by atoms with Crippen LogP contribution in [-0.2, 0) is 4.79 Å². The number of carbonyl (C=O) groups is 1. The van der Waals surface area contributed by atoms with Gasteiger partial charge in [-0.1, -0.05) is 0 Å². The lowest BCUT2D eigenvalue weighted by Gasteiger charge is -2.18. The molecule has 0 aromatic heterocycles. The monoisotopic (exact) mass is 157 g/mol. The van der Waals surface area contributed by atoms with Crippen molar-refractivity contribution < 1.29 is 4.79 Å². The van der Waals surface area contributed by atoms with Crippen LogP contribution >= 0.6 is 0 Å². The number of carbonyl (C=O) groups excluding carboxylic acids is 1. The van der Waals surface area contributed by atoms with Gasteiger partial charge in [-0.15, -0.1) is 0 Å². The van der Waals surface area contributed by atoms with Gasteiger partial charge in [0.15, 0.2) is 0 Å². The first-order valence-corrected chi connectivity index (χ1v) is 3.97. The quantitative estimate of drug-likeness (QED) is 0.321. The summed E-state index contributed by atoms with van der Waals surface area (Å²) in [5, 5.41) is 0.